The quantitative estimate of drug-likeness (QED) is 0.272. The summed E-state index contributed by atoms with van der Waals surface area (Å²) in [5, 5.41) is 23.1. The van der Waals surface area contributed by atoms with E-state index in [0.717, 1.165) is 24.0 Å². The molecule has 0 amide bonds. The van der Waals surface area contributed by atoms with Crippen LogP contribution in [0.3, 0.4) is 0 Å². The SMILES string of the molecule is Cc1ccc(OCCO)c(-c2nc3nc(C(=O)O)nc(N[C@H](C)C4CC4)c3n2Cc2ccc(Cl)cc2)c1. The van der Waals surface area contributed by atoms with Gasteiger partial charge in [-0.05, 0) is 62.4 Å². The second-order valence-electron chi connectivity index (χ2n) is 9.36. The molecule has 0 bridgehead atoms. The number of nitrogens with one attached hydrogen (secondary N) is 1. The molecule has 10 heteroatoms. The zero-order valence-corrected chi connectivity index (χ0v) is 21.4. The fourth-order valence-electron chi connectivity index (χ4n) is 4.39. The van der Waals surface area contributed by atoms with Gasteiger partial charge in [0.25, 0.3) is 0 Å². The summed E-state index contributed by atoms with van der Waals surface area (Å²) >= 11 is 6.13. The van der Waals surface area contributed by atoms with Gasteiger partial charge in [0.05, 0.1) is 12.2 Å². The maximum Gasteiger partial charge on any atom is 0.374 e. The Hall–Kier alpha value is -3.69. The van der Waals surface area contributed by atoms with Crippen molar-refractivity contribution in [3.8, 4) is 17.1 Å². The predicted octanol–water partition coefficient (Wildman–Crippen LogP) is 4.78. The number of rotatable bonds is 10. The van der Waals surface area contributed by atoms with Crippen LogP contribution in [-0.2, 0) is 6.54 Å². The van der Waals surface area contributed by atoms with E-state index in [9.17, 15) is 15.0 Å². The summed E-state index contributed by atoms with van der Waals surface area (Å²) in [7, 11) is 0. The van der Waals surface area contributed by atoms with Crippen molar-refractivity contribution >= 4 is 34.6 Å². The van der Waals surface area contributed by atoms with Crippen molar-refractivity contribution < 1.29 is 19.7 Å². The molecule has 1 saturated carbocycles. The van der Waals surface area contributed by atoms with Crippen LogP contribution >= 0.6 is 11.6 Å². The Morgan fingerprint density at radius 2 is 1.95 bits per heavy atom. The number of aromatic nitrogens is 4. The van der Waals surface area contributed by atoms with Gasteiger partial charge in [0.1, 0.15) is 23.7 Å². The highest BCUT2D eigenvalue weighted by molar-refractivity contribution is 6.30. The van der Waals surface area contributed by atoms with Crippen LogP contribution in [0.5, 0.6) is 5.75 Å². The Balaban J connectivity index is 1.75. The molecule has 192 valence electrons. The summed E-state index contributed by atoms with van der Waals surface area (Å²) in [5.41, 5.74) is 3.56. The number of aryl methyl sites for hydroxylation is 1. The van der Waals surface area contributed by atoms with Crippen LogP contribution in [0.25, 0.3) is 22.6 Å². The normalized spacial score (nSPS) is 14.1. The third-order valence-electron chi connectivity index (χ3n) is 6.47. The van der Waals surface area contributed by atoms with Gasteiger partial charge in [0.2, 0.25) is 5.82 Å². The minimum absolute atomic E-state index is 0.115. The third kappa shape index (κ3) is 5.38. The fraction of sp³-hybridized carbons (Fsp3) is 0.333. The lowest BCUT2D eigenvalue weighted by Crippen LogP contribution is -2.20. The van der Waals surface area contributed by atoms with E-state index in [-0.39, 0.29) is 30.7 Å². The van der Waals surface area contributed by atoms with E-state index in [4.69, 9.17) is 21.3 Å². The standard InChI is InChI=1S/C27H28ClN5O4/c1-15-3-10-21(37-12-11-34)20(13-15)26-32-24-22(33(26)14-17-4-8-19(28)9-5-17)23(29-16(2)18-6-7-18)30-25(31-24)27(35)36/h3-5,8-10,13,16,18,34H,6-7,11-12,14H2,1-2H3,(H,35,36)(H,29,30,31)/t16-/m1/s1. The first kappa shape index (κ1) is 25.0. The maximum atomic E-state index is 11.9. The molecule has 2 heterocycles. The second-order valence-corrected chi connectivity index (χ2v) is 9.80. The van der Waals surface area contributed by atoms with Crippen molar-refractivity contribution in [3.63, 3.8) is 0 Å². The molecule has 0 spiro atoms. The van der Waals surface area contributed by atoms with Gasteiger partial charge in [-0.25, -0.2) is 19.7 Å². The smallest absolute Gasteiger partial charge is 0.374 e. The number of imidazole rings is 1. The van der Waals surface area contributed by atoms with Crippen LogP contribution < -0.4 is 10.1 Å². The Bertz CT molecular complexity index is 1450. The average Bonchev–Trinajstić information content (AvgIpc) is 3.67. The number of halogens is 1. The van der Waals surface area contributed by atoms with E-state index in [0.29, 0.717) is 46.0 Å². The number of anilines is 1. The molecule has 0 saturated heterocycles. The summed E-state index contributed by atoms with van der Waals surface area (Å²) in [5.74, 6) is 0.517. The van der Waals surface area contributed by atoms with Crippen LogP contribution in [0.4, 0.5) is 5.82 Å². The van der Waals surface area contributed by atoms with E-state index < -0.39 is 5.97 Å². The molecule has 4 aromatic rings. The summed E-state index contributed by atoms with van der Waals surface area (Å²) in [6, 6.07) is 13.4. The summed E-state index contributed by atoms with van der Waals surface area (Å²) in [6.07, 6.45) is 2.25. The lowest BCUT2D eigenvalue weighted by Gasteiger charge is -2.17. The Morgan fingerprint density at radius 1 is 1.19 bits per heavy atom. The van der Waals surface area contributed by atoms with Crippen molar-refractivity contribution in [2.24, 2.45) is 5.92 Å². The summed E-state index contributed by atoms with van der Waals surface area (Å²) in [6.45, 7) is 4.46. The summed E-state index contributed by atoms with van der Waals surface area (Å²) in [4.78, 5) is 25.4. The van der Waals surface area contributed by atoms with Crippen LogP contribution in [0, 0.1) is 12.8 Å². The molecular weight excluding hydrogens is 494 g/mol. The number of carbonyl (C=O) groups is 1. The number of hydrogen-bond acceptors (Lipinski definition) is 7. The zero-order chi connectivity index (χ0) is 26.1. The van der Waals surface area contributed by atoms with Gasteiger partial charge in [-0.15, -0.1) is 0 Å². The van der Waals surface area contributed by atoms with Crippen LogP contribution in [-0.4, -0.2) is 55.0 Å². The van der Waals surface area contributed by atoms with Gasteiger partial charge in [-0.1, -0.05) is 35.4 Å². The lowest BCUT2D eigenvalue weighted by molar-refractivity contribution is 0.0684. The number of aliphatic hydroxyl groups is 1. The first-order valence-electron chi connectivity index (χ1n) is 12.2. The molecule has 5 rings (SSSR count). The first-order chi connectivity index (χ1) is 17.8. The second kappa shape index (κ2) is 10.4. The molecule has 1 atom stereocenters. The zero-order valence-electron chi connectivity index (χ0n) is 20.6. The number of hydrogen-bond donors (Lipinski definition) is 3. The molecule has 0 unspecified atom stereocenters. The number of carboxylic acid groups (broad SMARTS) is 1. The molecular formula is C27H28ClN5O4. The van der Waals surface area contributed by atoms with Gasteiger partial charge >= 0.3 is 5.97 Å². The van der Waals surface area contributed by atoms with Crippen molar-refractivity contribution in [3.05, 3.63) is 64.4 Å². The molecule has 9 nitrogen and oxygen atoms in total. The number of fused-ring (bicyclic) bond motifs is 1. The van der Waals surface area contributed by atoms with Gasteiger partial charge in [-0.3, -0.25) is 0 Å². The van der Waals surface area contributed by atoms with Gasteiger partial charge in [0, 0.05) is 17.6 Å². The van der Waals surface area contributed by atoms with Crippen molar-refractivity contribution in [1.82, 2.24) is 19.5 Å². The minimum Gasteiger partial charge on any atom is -0.490 e. The number of benzene rings is 2. The summed E-state index contributed by atoms with van der Waals surface area (Å²) < 4.78 is 7.82. The predicted molar refractivity (Wildman–Crippen MR) is 141 cm³/mol. The average molecular weight is 522 g/mol. The molecule has 1 aliphatic carbocycles. The number of aliphatic hydroxyl groups excluding tert-OH is 1. The van der Waals surface area contributed by atoms with Crippen molar-refractivity contribution in [2.45, 2.75) is 39.3 Å². The molecule has 37 heavy (non-hydrogen) atoms. The Morgan fingerprint density at radius 3 is 2.62 bits per heavy atom. The van der Waals surface area contributed by atoms with E-state index in [1.165, 1.54) is 0 Å². The molecule has 0 aliphatic heterocycles. The van der Waals surface area contributed by atoms with E-state index in [1.54, 1.807) is 0 Å². The lowest BCUT2D eigenvalue weighted by atomic mass is 10.1. The third-order valence-corrected chi connectivity index (χ3v) is 6.72. The molecule has 1 aliphatic rings. The largest absolute Gasteiger partial charge is 0.490 e. The van der Waals surface area contributed by atoms with E-state index >= 15 is 0 Å². The number of ether oxygens (including phenoxy) is 1. The molecule has 2 aromatic heterocycles. The van der Waals surface area contributed by atoms with Crippen molar-refractivity contribution in [2.75, 3.05) is 18.5 Å². The molecule has 3 N–H and O–H groups in total. The van der Waals surface area contributed by atoms with Crippen molar-refractivity contribution in [1.29, 1.82) is 0 Å². The highest BCUT2D eigenvalue weighted by Gasteiger charge is 2.30. The Labute approximate surface area is 219 Å². The highest BCUT2D eigenvalue weighted by atomic mass is 35.5. The monoisotopic (exact) mass is 521 g/mol. The number of nitrogens with zero attached hydrogens (tertiary/aromatic N) is 4. The molecule has 1 fully saturated rings. The first-order valence-corrected chi connectivity index (χ1v) is 12.6. The minimum atomic E-state index is -1.22. The fourth-order valence-corrected chi connectivity index (χ4v) is 4.52. The van der Waals surface area contributed by atoms with E-state index in [1.807, 2.05) is 54.0 Å². The van der Waals surface area contributed by atoms with Gasteiger partial charge in [0.15, 0.2) is 11.5 Å². The topological polar surface area (TPSA) is 122 Å². The number of carboxylic acids is 1. The maximum absolute atomic E-state index is 11.9. The van der Waals surface area contributed by atoms with Crippen LogP contribution in [0.15, 0.2) is 42.5 Å². The van der Waals surface area contributed by atoms with Crippen LogP contribution in [0.2, 0.25) is 5.02 Å². The number of aromatic carboxylic acids is 1. The Kier molecular flexibility index (Phi) is 6.99. The van der Waals surface area contributed by atoms with Gasteiger partial charge in [-0.2, -0.15) is 0 Å². The molecule has 2 aromatic carbocycles. The van der Waals surface area contributed by atoms with Crippen LogP contribution in [0.1, 0.15) is 41.5 Å². The highest BCUT2D eigenvalue weighted by Crippen LogP contribution is 2.37. The molecule has 0 radical (unpaired) electrons. The van der Waals surface area contributed by atoms with E-state index in [2.05, 4.69) is 22.2 Å². The van der Waals surface area contributed by atoms with Gasteiger partial charge < -0.3 is 24.8 Å².